The number of H-pyrrole nitrogens is 1. The monoisotopic (exact) mass is 504 g/mol. The van der Waals surface area contributed by atoms with Crippen molar-refractivity contribution in [1.29, 1.82) is 0 Å². The Labute approximate surface area is 215 Å². The highest BCUT2D eigenvalue weighted by Crippen LogP contribution is 2.27. The number of aromatic nitrogens is 5. The maximum absolute atomic E-state index is 5.43. The lowest BCUT2D eigenvalue weighted by Crippen LogP contribution is -2.37. The van der Waals surface area contributed by atoms with E-state index in [0.29, 0.717) is 22.9 Å². The van der Waals surface area contributed by atoms with Crippen molar-refractivity contribution in [2.75, 3.05) is 50.0 Å². The molecule has 10 heteroatoms. The largest absolute Gasteiger partial charge is 0.379 e. The Morgan fingerprint density at radius 3 is 2.75 bits per heavy atom. The Hall–Kier alpha value is -3.21. The van der Waals surface area contributed by atoms with Gasteiger partial charge in [0.05, 0.1) is 18.9 Å². The van der Waals surface area contributed by atoms with Crippen molar-refractivity contribution in [3.8, 4) is 0 Å². The van der Waals surface area contributed by atoms with Gasteiger partial charge in [-0.1, -0.05) is 36.4 Å². The number of aromatic amines is 1. The zero-order valence-corrected chi connectivity index (χ0v) is 21.1. The molecule has 0 saturated carbocycles. The molecule has 0 radical (unpaired) electrons. The van der Waals surface area contributed by atoms with Gasteiger partial charge in [-0.3, -0.25) is 10.00 Å². The molecule has 5 rings (SSSR count). The number of morpholine rings is 1. The van der Waals surface area contributed by atoms with Crippen molar-refractivity contribution < 1.29 is 4.74 Å². The molecule has 0 spiro atoms. The smallest absolute Gasteiger partial charge is 0.234 e. The van der Waals surface area contributed by atoms with E-state index in [1.165, 1.54) is 17.3 Å². The van der Waals surface area contributed by atoms with Crippen LogP contribution in [-0.4, -0.2) is 69.4 Å². The Kier molecular flexibility index (Phi) is 8.61. The molecule has 1 fully saturated rings. The number of anilines is 3. The van der Waals surface area contributed by atoms with Gasteiger partial charge in [-0.15, -0.1) is 0 Å². The van der Waals surface area contributed by atoms with Crippen molar-refractivity contribution in [1.82, 2.24) is 30.0 Å². The molecule has 1 aliphatic heterocycles. The molecule has 0 bridgehead atoms. The molecule has 0 amide bonds. The van der Waals surface area contributed by atoms with Gasteiger partial charge in [0.1, 0.15) is 0 Å². The van der Waals surface area contributed by atoms with Gasteiger partial charge in [-0.05, 0) is 61.7 Å². The maximum Gasteiger partial charge on any atom is 0.234 e. The summed E-state index contributed by atoms with van der Waals surface area (Å²) in [5, 5.41) is 14.9. The molecule has 3 N–H and O–H groups in total. The van der Waals surface area contributed by atoms with Crippen LogP contribution in [0.5, 0.6) is 0 Å². The minimum Gasteiger partial charge on any atom is -0.379 e. The lowest BCUT2D eigenvalue weighted by atomic mass is 10.1. The van der Waals surface area contributed by atoms with Gasteiger partial charge in [0.2, 0.25) is 11.9 Å². The number of allylic oxidation sites excluding steroid dienone is 4. The summed E-state index contributed by atoms with van der Waals surface area (Å²) in [5.74, 6) is 1.70. The van der Waals surface area contributed by atoms with E-state index < -0.39 is 0 Å². The zero-order chi connectivity index (χ0) is 24.4. The van der Waals surface area contributed by atoms with Crippen molar-refractivity contribution in [3.05, 3.63) is 60.3 Å². The molecule has 0 unspecified atom stereocenters. The van der Waals surface area contributed by atoms with Gasteiger partial charge >= 0.3 is 0 Å². The lowest BCUT2D eigenvalue weighted by molar-refractivity contribution is 0.0378. The summed E-state index contributed by atoms with van der Waals surface area (Å²) >= 11 is 1.51. The predicted octanol–water partition coefficient (Wildman–Crippen LogP) is 4.75. The second-order valence-electron chi connectivity index (χ2n) is 8.69. The highest BCUT2D eigenvalue weighted by atomic mass is 32.2. The van der Waals surface area contributed by atoms with Crippen LogP contribution in [0.1, 0.15) is 31.4 Å². The fourth-order valence-corrected chi connectivity index (χ4v) is 4.88. The van der Waals surface area contributed by atoms with E-state index in [4.69, 9.17) is 4.74 Å². The summed E-state index contributed by atoms with van der Waals surface area (Å²) in [6, 6.07) is 12.1. The van der Waals surface area contributed by atoms with E-state index in [9.17, 15) is 0 Å². The van der Waals surface area contributed by atoms with Crippen molar-refractivity contribution in [2.24, 2.45) is 0 Å². The zero-order valence-electron chi connectivity index (χ0n) is 20.3. The first-order valence-corrected chi connectivity index (χ1v) is 13.3. The standard InChI is InChI=1S/C26H32N8OS/c1-2-5-10-20(9-4-1)22-19-23(33-32-22)28-25-29-24(27-13-8-14-34-15-17-35-18-16-34)30-26(31-25)36-21-11-6-3-7-12-21/h1,3-4,6-7,10-12,19H,2,5,8-9,13-18H2,(H3,27,28,29,30,31,32,33). The van der Waals surface area contributed by atoms with E-state index in [1.807, 2.05) is 36.4 Å². The first-order chi connectivity index (χ1) is 17.8. The first kappa shape index (κ1) is 24.5. The molecule has 3 heterocycles. The quantitative estimate of drug-likeness (QED) is 0.267. The number of benzene rings is 1. The van der Waals surface area contributed by atoms with E-state index in [0.717, 1.165) is 75.7 Å². The van der Waals surface area contributed by atoms with Crippen LogP contribution in [-0.2, 0) is 4.74 Å². The van der Waals surface area contributed by atoms with Gasteiger partial charge in [0.25, 0.3) is 0 Å². The molecule has 1 aromatic carbocycles. The third-order valence-electron chi connectivity index (χ3n) is 6.00. The van der Waals surface area contributed by atoms with E-state index in [2.05, 4.69) is 58.9 Å². The fourth-order valence-electron chi connectivity index (χ4n) is 4.11. The van der Waals surface area contributed by atoms with Crippen LogP contribution in [0, 0.1) is 0 Å². The normalized spacial score (nSPS) is 16.4. The van der Waals surface area contributed by atoms with E-state index in [1.54, 1.807) is 0 Å². The predicted molar refractivity (Wildman–Crippen MR) is 144 cm³/mol. The first-order valence-electron chi connectivity index (χ1n) is 12.5. The van der Waals surface area contributed by atoms with Crippen molar-refractivity contribution >= 4 is 35.0 Å². The average molecular weight is 505 g/mol. The maximum atomic E-state index is 5.43. The van der Waals surface area contributed by atoms with Gasteiger partial charge in [-0.25, -0.2) is 0 Å². The van der Waals surface area contributed by atoms with E-state index in [-0.39, 0.29) is 0 Å². The van der Waals surface area contributed by atoms with Crippen LogP contribution in [0.15, 0.2) is 64.7 Å². The highest BCUT2D eigenvalue weighted by Gasteiger charge is 2.13. The topological polar surface area (TPSA) is 104 Å². The Morgan fingerprint density at radius 2 is 1.86 bits per heavy atom. The van der Waals surface area contributed by atoms with Crippen LogP contribution in [0.25, 0.3) is 5.57 Å². The summed E-state index contributed by atoms with van der Waals surface area (Å²) in [6.45, 7) is 5.44. The van der Waals surface area contributed by atoms with Gasteiger partial charge < -0.3 is 15.4 Å². The van der Waals surface area contributed by atoms with Crippen LogP contribution in [0.2, 0.25) is 0 Å². The number of nitrogens with zero attached hydrogens (tertiary/aromatic N) is 5. The Morgan fingerprint density at radius 1 is 1.00 bits per heavy atom. The van der Waals surface area contributed by atoms with Crippen LogP contribution in [0.3, 0.4) is 0 Å². The van der Waals surface area contributed by atoms with Crippen LogP contribution < -0.4 is 10.6 Å². The summed E-state index contributed by atoms with van der Waals surface area (Å²) in [7, 11) is 0. The number of rotatable bonds is 10. The molecule has 3 aromatic rings. The summed E-state index contributed by atoms with van der Waals surface area (Å²) < 4.78 is 5.43. The van der Waals surface area contributed by atoms with Crippen LogP contribution >= 0.6 is 11.8 Å². The summed E-state index contributed by atoms with van der Waals surface area (Å²) in [4.78, 5) is 17.4. The lowest BCUT2D eigenvalue weighted by Gasteiger charge is -2.26. The second-order valence-corrected chi connectivity index (χ2v) is 9.73. The summed E-state index contributed by atoms with van der Waals surface area (Å²) in [6.07, 6.45) is 10.7. The molecule has 9 nitrogen and oxygen atoms in total. The van der Waals surface area contributed by atoms with Gasteiger partial charge in [0, 0.05) is 30.6 Å². The average Bonchev–Trinajstić information content (AvgIpc) is 3.19. The minimum absolute atomic E-state index is 0.465. The third kappa shape index (κ3) is 7.16. The van der Waals surface area contributed by atoms with E-state index >= 15 is 0 Å². The fraction of sp³-hybridized carbons (Fsp3) is 0.385. The molecular weight excluding hydrogens is 472 g/mol. The third-order valence-corrected chi connectivity index (χ3v) is 6.87. The summed E-state index contributed by atoms with van der Waals surface area (Å²) in [5.41, 5.74) is 2.27. The van der Waals surface area contributed by atoms with Crippen molar-refractivity contribution in [2.45, 2.75) is 35.7 Å². The molecule has 0 atom stereocenters. The Bertz CT molecular complexity index is 1170. The molecule has 2 aliphatic rings. The number of hydrogen-bond donors (Lipinski definition) is 3. The molecule has 188 valence electrons. The minimum atomic E-state index is 0.465. The number of nitrogens with one attached hydrogen (secondary N) is 3. The molecule has 2 aromatic heterocycles. The van der Waals surface area contributed by atoms with Gasteiger partial charge in [0.15, 0.2) is 11.0 Å². The molecule has 1 aliphatic carbocycles. The molecule has 36 heavy (non-hydrogen) atoms. The molecular formula is C26H32N8OS. The van der Waals surface area contributed by atoms with Crippen molar-refractivity contribution in [3.63, 3.8) is 0 Å². The highest BCUT2D eigenvalue weighted by molar-refractivity contribution is 7.99. The number of hydrogen-bond acceptors (Lipinski definition) is 9. The number of ether oxygens (including phenoxy) is 1. The second kappa shape index (κ2) is 12.7. The van der Waals surface area contributed by atoms with Crippen LogP contribution in [0.4, 0.5) is 17.7 Å². The van der Waals surface area contributed by atoms with Gasteiger partial charge in [-0.2, -0.15) is 20.1 Å². The molecule has 1 saturated heterocycles. The SMILES string of the molecule is C1=CCC(c2cc(Nc3nc(NCCCN4CCOCC4)nc(Sc4ccccc4)n3)n[nH]2)=CCC1. The Balaban J connectivity index is 1.27.